The SMILES string of the molecule is CCCCCCC/C=C\C/C=C\CCCCCCCCCCCCCCCCCCCCCCCCCCCC(=O)NC(COC1OC(CO)C(OC2OC(CO)C(OC3OC(CO)C(O)C(O)C3O)C(O)C2O)C(O)C1O)C(O)/C=C/CC/C=C/CCCCCCCCCCCCCCCC. The van der Waals surface area contributed by atoms with E-state index in [4.69, 9.17) is 28.4 Å². The van der Waals surface area contributed by atoms with E-state index in [1.165, 1.54) is 263 Å². The molecule has 0 bridgehead atoms. The summed E-state index contributed by atoms with van der Waals surface area (Å²) in [4.78, 5) is 13.5. The molecule has 17 atom stereocenters. The lowest BCUT2D eigenvalue weighted by atomic mass is 9.96. The molecule has 19 nitrogen and oxygen atoms in total. The van der Waals surface area contributed by atoms with Crippen molar-refractivity contribution in [1.29, 1.82) is 0 Å². The summed E-state index contributed by atoms with van der Waals surface area (Å²) < 4.78 is 34.4. The Morgan fingerprint density at radius 1 is 0.353 bits per heavy atom. The Labute approximate surface area is 618 Å². The number of carbonyl (C=O) groups excluding carboxylic acids is 1. The number of hydrogen-bond donors (Lipinski definition) is 12. The third-order valence-corrected chi connectivity index (χ3v) is 20.8. The number of aliphatic hydroxyl groups is 11. The van der Waals surface area contributed by atoms with Crippen LogP contribution in [0.2, 0.25) is 0 Å². The number of carbonyl (C=O) groups is 1. The van der Waals surface area contributed by atoms with Crippen LogP contribution < -0.4 is 5.32 Å². The molecular formula is C83H153NO18. The molecule has 3 fully saturated rings. The number of nitrogens with one attached hydrogen (secondary N) is 1. The number of amides is 1. The van der Waals surface area contributed by atoms with E-state index in [-0.39, 0.29) is 18.9 Å². The van der Waals surface area contributed by atoms with Crippen LogP contribution in [0.15, 0.2) is 48.6 Å². The van der Waals surface area contributed by atoms with Gasteiger partial charge in [0.25, 0.3) is 0 Å². The van der Waals surface area contributed by atoms with Crippen molar-refractivity contribution < 1.29 is 89.4 Å². The molecule has 1 amide bonds. The Kier molecular flexibility index (Phi) is 58.6. The van der Waals surface area contributed by atoms with Crippen molar-refractivity contribution in [3.8, 4) is 0 Å². The standard InChI is InChI=1S/C83H153NO18/c1-3-5-7-9-11-13-15-17-19-21-23-25-26-27-28-29-30-31-32-33-34-35-36-37-38-39-40-41-43-45-47-49-51-53-55-57-59-61-71(89)84-66(67(88)60-58-56-54-52-50-48-46-44-42-24-22-20-18-16-14-12-10-8-6-4-2)65-97-81-77(95)74(92)79(69(63-86)99-81)102-83-78(96)75(93)80(70(64-87)100-83)101-82-76(94)73(91)72(90)68(62-85)98-82/h15,17,21,23,50,52,58,60,66-70,72-83,85-88,90-96H,3-14,16,18-20,22,24-49,51,53-57,59,61-65H2,1-2H3,(H,84,89)/b17-15-,23-21-,52-50+,60-58+. The van der Waals surface area contributed by atoms with E-state index in [1.54, 1.807) is 6.08 Å². The Hall–Kier alpha value is -2.25. The molecule has 0 aliphatic carbocycles. The van der Waals surface area contributed by atoms with Gasteiger partial charge in [-0.15, -0.1) is 0 Å². The van der Waals surface area contributed by atoms with Crippen LogP contribution in [0.5, 0.6) is 0 Å². The molecule has 0 aromatic heterocycles. The largest absolute Gasteiger partial charge is 0.394 e. The van der Waals surface area contributed by atoms with Gasteiger partial charge in [-0.3, -0.25) is 4.79 Å². The van der Waals surface area contributed by atoms with Crippen molar-refractivity contribution in [3.05, 3.63) is 48.6 Å². The van der Waals surface area contributed by atoms with E-state index in [0.717, 1.165) is 44.9 Å². The van der Waals surface area contributed by atoms with Crippen molar-refractivity contribution in [2.24, 2.45) is 0 Å². The minimum atomic E-state index is -1.98. The number of rotatable bonds is 67. The van der Waals surface area contributed by atoms with Crippen LogP contribution in [0.1, 0.15) is 341 Å². The van der Waals surface area contributed by atoms with E-state index < -0.39 is 124 Å². The summed E-state index contributed by atoms with van der Waals surface area (Å²) in [5.41, 5.74) is 0. The molecular weight excluding hydrogens is 1300 g/mol. The molecule has 3 saturated heterocycles. The summed E-state index contributed by atoms with van der Waals surface area (Å²) in [5, 5.41) is 121. The molecule has 3 aliphatic heterocycles. The smallest absolute Gasteiger partial charge is 0.220 e. The molecule has 3 rings (SSSR count). The number of allylic oxidation sites excluding steroid dienone is 7. The zero-order valence-corrected chi connectivity index (χ0v) is 64.1. The van der Waals surface area contributed by atoms with Crippen molar-refractivity contribution in [3.63, 3.8) is 0 Å². The number of aliphatic hydroxyl groups excluding tert-OH is 11. The molecule has 19 heteroatoms. The molecule has 17 unspecified atom stereocenters. The van der Waals surface area contributed by atoms with Gasteiger partial charge in [-0.05, 0) is 64.2 Å². The lowest BCUT2D eigenvalue weighted by Gasteiger charge is -2.48. The quantitative estimate of drug-likeness (QED) is 0.0199. The van der Waals surface area contributed by atoms with Gasteiger partial charge < -0.3 is 89.9 Å². The van der Waals surface area contributed by atoms with E-state index in [9.17, 15) is 61.0 Å². The first-order chi connectivity index (χ1) is 49.8. The summed E-state index contributed by atoms with van der Waals surface area (Å²) >= 11 is 0. The van der Waals surface area contributed by atoms with Crippen molar-refractivity contribution in [2.75, 3.05) is 26.4 Å². The minimum absolute atomic E-state index is 0.239. The zero-order valence-electron chi connectivity index (χ0n) is 64.1. The third kappa shape index (κ3) is 43.1. The molecule has 0 aromatic rings. The topological polar surface area (TPSA) is 307 Å². The molecule has 0 saturated carbocycles. The second-order valence-corrected chi connectivity index (χ2v) is 29.9. The van der Waals surface area contributed by atoms with E-state index in [0.29, 0.717) is 12.8 Å². The normalized spacial score (nSPS) is 26.4. The second-order valence-electron chi connectivity index (χ2n) is 29.9. The molecule has 3 heterocycles. The van der Waals surface area contributed by atoms with Crippen LogP contribution in [0.4, 0.5) is 0 Å². The molecule has 0 aromatic carbocycles. The van der Waals surface area contributed by atoms with Crippen LogP contribution in [-0.2, 0) is 33.2 Å². The van der Waals surface area contributed by atoms with Crippen LogP contribution in [0.3, 0.4) is 0 Å². The van der Waals surface area contributed by atoms with Crippen molar-refractivity contribution in [2.45, 2.75) is 446 Å². The maximum absolute atomic E-state index is 13.5. The predicted octanol–water partition coefficient (Wildman–Crippen LogP) is 14.5. The Balaban J connectivity index is 1.32. The van der Waals surface area contributed by atoms with Gasteiger partial charge in [0.05, 0.1) is 38.6 Å². The van der Waals surface area contributed by atoms with E-state index in [2.05, 4.69) is 55.6 Å². The first kappa shape index (κ1) is 94.0. The van der Waals surface area contributed by atoms with Crippen LogP contribution in [-0.4, -0.2) is 193 Å². The molecule has 102 heavy (non-hydrogen) atoms. The first-order valence-corrected chi connectivity index (χ1v) is 41.9. The summed E-state index contributed by atoms with van der Waals surface area (Å²) in [6, 6.07) is -0.990. The van der Waals surface area contributed by atoms with E-state index >= 15 is 0 Å². The Bertz CT molecular complexity index is 2030. The van der Waals surface area contributed by atoms with Crippen molar-refractivity contribution in [1.82, 2.24) is 5.32 Å². The lowest BCUT2D eigenvalue weighted by Crippen LogP contribution is -2.66. The zero-order chi connectivity index (χ0) is 73.9. The fourth-order valence-corrected chi connectivity index (χ4v) is 14.1. The average molecular weight is 1450 g/mol. The molecule has 0 radical (unpaired) electrons. The second kappa shape index (κ2) is 63.7. The highest BCUT2D eigenvalue weighted by Crippen LogP contribution is 2.33. The molecule has 12 N–H and O–H groups in total. The highest BCUT2D eigenvalue weighted by atomic mass is 16.8. The predicted molar refractivity (Wildman–Crippen MR) is 406 cm³/mol. The van der Waals surface area contributed by atoms with Crippen LogP contribution >= 0.6 is 0 Å². The molecule has 598 valence electrons. The fourth-order valence-electron chi connectivity index (χ4n) is 14.1. The highest BCUT2D eigenvalue weighted by Gasteiger charge is 2.54. The van der Waals surface area contributed by atoms with E-state index in [1.807, 2.05) is 6.08 Å². The minimum Gasteiger partial charge on any atom is -0.394 e. The van der Waals surface area contributed by atoms with Gasteiger partial charge in [-0.25, -0.2) is 0 Å². The van der Waals surface area contributed by atoms with Gasteiger partial charge >= 0.3 is 0 Å². The monoisotopic (exact) mass is 1450 g/mol. The van der Waals surface area contributed by atoms with Gasteiger partial charge in [-0.1, -0.05) is 319 Å². The maximum atomic E-state index is 13.5. The van der Waals surface area contributed by atoms with Gasteiger partial charge in [0.15, 0.2) is 18.9 Å². The van der Waals surface area contributed by atoms with Gasteiger partial charge in [0.1, 0.15) is 73.2 Å². The lowest BCUT2D eigenvalue weighted by molar-refractivity contribution is -0.379. The summed E-state index contributed by atoms with van der Waals surface area (Å²) in [6.07, 6.45) is 54.1. The van der Waals surface area contributed by atoms with Gasteiger partial charge in [0, 0.05) is 6.42 Å². The van der Waals surface area contributed by atoms with Crippen LogP contribution in [0, 0.1) is 0 Å². The average Bonchev–Trinajstić information content (AvgIpc) is 0.778. The van der Waals surface area contributed by atoms with Gasteiger partial charge in [0.2, 0.25) is 5.91 Å². The summed E-state index contributed by atoms with van der Waals surface area (Å²) in [6.45, 7) is 1.75. The van der Waals surface area contributed by atoms with Gasteiger partial charge in [-0.2, -0.15) is 0 Å². The summed E-state index contributed by atoms with van der Waals surface area (Å²) in [7, 11) is 0. The Morgan fingerprint density at radius 3 is 1.04 bits per heavy atom. The maximum Gasteiger partial charge on any atom is 0.220 e. The molecule has 0 spiro atoms. The number of unbranched alkanes of at least 4 members (excludes halogenated alkanes) is 45. The first-order valence-electron chi connectivity index (χ1n) is 41.9. The van der Waals surface area contributed by atoms with Crippen molar-refractivity contribution >= 4 is 5.91 Å². The molecule has 3 aliphatic rings. The number of ether oxygens (including phenoxy) is 6. The summed E-state index contributed by atoms with van der Waals surface area (Å²) in [5.74, 6) is -0.279. The van der Waals surface area contributed by atoms with Crippen LogP contribution in [0.25, 0.3) is 0 Å². The highest BCUT2D eigenvalue weighted by molar-refractivity contribution is 5.76. The Morgan fingerprint density at radius 2 is 0.657 bits per heavy atom. The fraction of sp³-hybridized carbons (Fsp3) is 0.892. The number of hydrogen-bond acceptors (Lipinski definition) is 18. The third-order valence-electron chi connectivity index (χ3n) is 20.8.